The molecule has 2 N–H and O–H groups in total. The van der Waals surface area contributed by atoms with Gasteiger partial charge in [0, 0.05) is 35.3 Å². The Bertz CT molecular complexity index is 656. The highest BCUT2D eigenvalue weighted by atomic mass is 127. The first-order valence-corrected chi connectivity index (χ1v) is 9.64. The number of thiazole rings is 1. The second kappa shape index (κ2) is 9.72. The zero-order valence-corrected chi connectivity index (χ0v) is 18.9. The fraction of sp³-hybridized carbons (Fsp3) is 0.529. The van der Waals surface area contributed by atoms with Crippen molar-refractivity contribution in [1.82, 2.24) is 15.6 Å². The highest BCUT2D eigenvalue weighted by Crippen LogP contribution is 2.29. The molecule has 0 unspecified atom stereocenters. The van der Waals surface area contributed by atoms with Crippen LogP contribution in [0, 0.1) is 6.92 Å². The summed E-state index contributed by atoms with van der Waals surface area (Å²) in [5.74, 6) is 0.881. The summed E-state index contributed by atoms with van der Waals surface area (Å²) in [6.07, 6.45) is 0.953. The molecule has 0 fully saturated rings. The van der Waals surface area contributed by atoms with Crippen LogP contribution < -0.4 is 10.6 Å². The molecule has 0 radical (unpaired) electrons. The van der Waals surface area contributed by atoms with Crippen LogP contribution in [-0.4, -0.2) is 29.6 Å². The molecule has 0 atom stereocenters. The van der Waals surface area contributed by atoms with Crippen molar-refractivity contribution < 1.29 is 0 Å². The Morgan fingerprint density at radius 2 is 2.04 bits per heavy atom. The third kappa shape index (κ3) is 7.06. The largest absolute Gasteiger partial charge is 0.357 e. The van der Waals surface area contributed by atoms with E-state index in [1.165, 1.54) is 9.75 Å². The van der Waals surface area contributed by atoms with Crippen LogP contribution in [0.2, 0.25) is 0 Å². The lowest BCUT2D eigenvalue weighted by atomic mass is 10.1. The number of nitrogens with one attached hydrogen (secondary N) is 2. The van der Waals surface area contributed by atoms with Crippen molar-refractivity contribution in [2.45, 2.75) is 46.6 Å². The molecule has 4 nitrogen and oxygen atoms in total. The third-order valence-corrected chi connectivity index (χ3v) is 4.94. The quantitative estimate of drug-likeness (QED) is 0.372. The summed E-state index contributed by atoms with van der Waals surface area (Å²) >= 11 is 3.51. The van der Waals surface area contributed by atoms with E-state index < -0.39 is 0 Å². The molecule has 0 spiro atoms. The Labute approximate surface area is 170 Å². The molecule has 0 aromatic carbocycles. The number of hydrogen-bond acceptors (Lipinski definition) is 4. The van der Waals surface area contributed by atoms with Gasteiger partial charge in [-0.1, -0.05) is 0 Å². The molecule has 24 heavy (non-hydrogen) atoms. The Kier molecular flexibility index (Phi) is 8.66. The first kappa shape index (κ1) is 21.4. The Balaban J connectivity index is 0.00000288. The molecule has 0 bridgehead atoms. The standard InChI is InChI=1S/C17H26N4S2.HI/c1-6-18-16(21-17(3,4)5)19-10-9-13-7-8-15(23-13)14-11-22-12(2)20-14;/h7-8,11H,6,9-10H2,1-5H3,(H2,18,19,21);1H. The van der Waals surface area contributed by atoms with E-state index in [0.717, 1.165) is 36.2 Å². The lowest BCUT2D eigenvalue weighted by Gasteiger charge is -2.23. The number of halogens is 1. The van der Waals surface area contributed by atoms with E-state index in [-0.39, 0.29) is 29.5 Å². The average Bonchev–Trinajstić information content (AvgIpc) is 3.06. The number of thiophene rings is 1. The predicted molar refractivity (Wildman–Crippen MR) is 118 cm³/mol. The first-order chi connectivity index (χ1) is 10.9. The minimum atomic E-state index is 0. The topological polar surface area (TPSA) is 49.3 Å². The number of aryl methyl sites for hydroxylation is 1. The van der Waals surface area contributed by atoms with Gasteiger partial charge in [-0.15, -0.1) is 46.7 Å². The normalized spacial score (nSPS) is 12.0. The Morgan fingerprint density at radius 3 is 2.62 bits per heavy atom. The summed E-state index contributed by atoms with van der Waals surface area (Å²) in [4.78, 5) is 11.8. The molecule has 0 amide bonds. The van der Waals surface area contributed by atoms with Gasteiger partial charge in [0.15, 0.2) is 5.96 Å². The van der Waals surface area contributed by atoms with Gasteiger partial charge in [-0.3, -0.25) is 4.99 Å². The van der Waals surface area contributed by atoms with Crippen molar-refractivity contribution in [3.8, 4) is 10.6 Å². The van der Waals surface area contributed by atoms with Gasteiger partial charge in [0.05, 0.1) is 15.6 Å². The van der Waals surface area contributed by atoms with Crippen LogP contribution >= 0.6 is 46.7 Å². The lowest BCUT2D eigenvalue weighted by molar-refractivity contribution is 0.501. The maximum atomic E-state index is 4.67. The van der Waals surface area contributed by atoms with Crippen LogP contribution in [0.25, 0.3) is 10.6 Å². The summed E-state index contributed by atoms with van der Waals surface area (Å²) in [5, 5.41) is 9.94. The van der Waals surface area contributed by atoms with Gasteiger partial charge < -0.3 is 10.6 Å². The van der Waals surface area contributed by atoms with Crippen molar-refractivity contribution in [3.05, 3.63) is 27.4 Å². The van der Waals surface area contributed by atoms with Crippen LogP contribution in [0.15, 0.2) is 22.5 Å². The number of guanidine groups is 1. The minimum absolute atomic E-state index is 0. The summed E-state index contributed by atoms with van der Waals surface area (Å²) in [6.45, 7) is 12.2. The molecule has 0 aliphatic heterocycles. The van der Waals surface area contributed by atoms with E-state index in [0.29, 0.717) is 0 Å². The van der Waals surface area contributed by atoms with Crippen LogP contribution in [0.5, 0.6) is 0 Å². The molecule has 2 aromatic rings. The fourth-order valence-electron chi connectivity index (χ4n) is 2.07. The number of aromatic nitrogens is 1. The first-order valence-electron chi connectivity index (χ1n) is 7.95. The van der Waals surface area contributed by atoms with Crippen molar-refractivity contribution in [2.75, 3.05) is 13.1 Å². The van der Waals surface area contributed by atoms with Gasteiger partial charge in [0.2, 0.25) is 0 Å². The molecule has 2 aromatic heterocycles. The highest BCUT2D eigenvalue weighted by molar-refractivity contribution is 14.0. The molecular weight excluding hydrogens is 451 g/mol. The van der Waals surface area contributed by atoms with Crippen LogP contribution in [0.4, 0.5) is 0 Å². The Morgan fingerprint density at radius 1 is 1.29 bits per heavy atom. The van der Waals surface area contributed by atoms with E-state index in [1.54, 1.807) is 11.3 Å². The van der Waals surface area contributed by atoms with Gasteiger partial charge in [0.25, 0.3) is 0 Å². The molecule has 0 aliphatic rings. The second-order valence-corrected chi connectivity index (χ2v) is 8.63. The zero-order valence-electron chi connectivity index (χ0n) is 15.0. The lowest BCUT2D eigenvalue weighted by Crippen LogP contribution is -2.47. The number of nitrogens with zero attached hydrogens (tertiary/aromatic N) is 2. The van der Waals surface area contributed by atoms with E-state index in [1.807, 2.05) is 18.3 Å². The van der Waals surface area contributed by atoms with Crippen molar-refractivity contribution in [1.29, 1.82) is 0 Å². The van der Waals surface area contributed by atoms with Crippen molar-refractivity contribution in [2.24, 2.45) is 4.99 Å². The highest BCUT2D eigenvalue weighted by Gasteiger charge is 2.11. The van der Waals surface area contributed by atoms with Gasteiger partial charge in [-0.05, 0) is 46.8 Å². The van der Waals surface area contributed by atoms with Gasteiger partial charge >= 0.3 is 0 Å². The van der Waals surface area contributed by atoms with Gasteiger partial charge in [-0.2, -0.15) is 0 Å². The van der Waals surface area contributed by atoms with Crippen LogP contribution in [0.3, 0.4) is 0 Å². The molecule has 0 aliphatic carbocycles. The maximum Gasteiger partial charge on any atom is 0.191 e. The van der Waals surface area contributed by atoms with Crippen LogP contribution in [0.1, 0.15) is 37.6 Å². The van der Waals surface area contributed by atoms with E-state index in [2.05, 4.69) is 65.8 Å². The van der Waals surface area contributed by atoms with Crippen molar-refractivity contribution >= 4 is 52.6 Å². The summed E-state index contributed by atoms with van der Waals surface area (Å²) in [7, 11) is 0. The van der Waals surface area contributed by atoms with E-state index >= 15 is 0 Å². The van der Waals surface area contributed by atoms with Gasteiger partial charge in [-0.25, -0.2) is 4.98 Å². The average molecular weight is 478 g/mol. The minimum Gasteiger partial charge on any atom is -0.357 e. The van der Waals surface area contributed by atoms with Crippen molar-refractivity contribution in [3.63, 3.8) is 0 Å². The smallest absolute Gasteiger partial charge is 0.191 e. The second-order valence-electron chi connectivity index (χ2n) is 6.40. The molecule has 0 saturated carbocycles. The monoisotopic (exact) mass is 478 g/mol. The molecule has 2 rings (SSSR count). The predicted octanol–water partition coefficient (Wildman–Crippen LogP) is 4.69. The summed E-state index contributed by atoms with van der Waals surface area (Å²) in [6, 6.07) is 4.35. The van der Waals surface area contributed by atoms with Gasteiger partial charge in [0.1, 0.15) is 0 Å². The fourth-order valence-corrected chi connectivity index (χ4v) is 3.71. The number of hydrogen-bond donors (Lipinski definition) is 2. The molecular formula is C17H27IN4S2. The molecule has 7 heteroatoms. The Hall–Kier alpha value is -0.670. The van der Waals surface area contributed by atoms with Crippen LogP contribution in [-0.2, 0) is 6.42 Å². The molecule has 0 saturated heterocycles. The van der Waals surface area contributed by atoms with E-state index in [4.69, 9.17) is 0 Å². The molecule has 2 heterocycles. The SMILES string of the molecule is CCNC(=NCCc1ccc(-c2csc(C)n2)s1)NC(C)(C)C.I. The third-order valence-electron chi connectivity index (χ3n) is 3.00. The summed E-state index contributed by atoms with van der Waals surface area (Å²) in [5.41, 5.74) is 1.11. The zero-order chi connectivity index (χ0) is 16.9. The van der Waals surface area contributed by atoms with E-state index in [9.17, 15) is 0 Å². The molecule has 134 valence electrons. The number of aliphatic imine (C=N–C) groups is 1. The number of rotatable bonds is 5. The maximum absolute atomic E-state index is 4.67. The summed E-state index contributed by atoms with van der Waals surface area (Å²) < 4.78 is 0.